The molecule has 4 nitrogen and oxygen atoms in total. The number of hydrogen-bond acceptors (Lipinski definition) is 4. The zero-order valence-electron chi connectivity index (χ0n) is 13.0. The molecule has 0 unspecified atom stereocenters. The fraction of sp³-hybridized carbons (Fsp3) is 0.176. The van der Waals surface area contributed by atoms with Gasteiger partial charge in [0.05, 0.1) is 11.3 Å². The van der Waals surface area contributed by atoms with Gasteiger partial charge in [-0.3, -0.25) is 4.79 Å². The van der Waals surface area contributed by atoms with Gasteiger partial charge in [-0.2, -0.15) is 0 Å². The van der Waals surface area contributed by atoms with Gasteiger partial charge in [-0.15, -0.1) is 11.8 Å². The summed E-state index contributed by atoms with van der Waals surface area (Å²) in [5, 5.41) is 2.40. The highest BCUT2D eigenvalue weighted by Crippen LogP contribution is 2.20. The SMILES string of the molecule is CSc1ccc(C(=O)O[C@@H](C)C(=O)Nc2ccc(Br)cc2F)cc1. The third-order valence-electron chi connectivity index (χ3n) is 3.17. The Labute approximate surface area is 151 Å². The molecule has 0 aliphatic rings. The van der Waals surface area contributed by atoms with Crippen molar-refractivity contribution in [2.75, 3.05) is 11.6 Å². The van der Waals surface area contributed by atoms with E-state index in [4.69, 9.17) is 4.74 Å². The second-order valence-corrected chi connectivity index (χ2v) is 6.68. The summed E-state index contributed by atoms with van der Waals surface area (Å²) in [6.45, 7) is 1.43. The smallest absolute Gasteiger partial charge is 0.338 e. The van der Waals surface area contributed by atoms with Gasteiger partial charge in [0, 0.05) is 9.37 Å². The fourth-order valence-corrected chi connectivity index (χ4v) is 2.58. The Hall–Kier alpha value is -1.86. The lowest BCUT2D eigenvalue weighted by Gasteiger charge is -2.14. The van der Waals surface area contributed by atoms with E-state index < -0.39 is 23.8 Å². The second kappa shape index (κ2) is 8.30. The summed E-state index contributed by atoms with van der Waals surface area (Å²) in [6, 6.07) is 11.1. The lowest BCUT2D eigenvalue weighted by atomic mass is 10.2. The summed E-state index contributed by atoms with van der Waals surface area (Å²) in [4.78, 5) is 25.1. The van der Waals surface area contributed by atoms with Crippen LogP contribution >= 0.6 is 27.7 Å². The summed E-state index contributed by atoms with van der Waals surface area (Å²) < 4.78 is 19.4. The molecular weight excluding hydrogens is 397 g/mol. The number of esters is 1. The molecule has 2 rings (SSSR count). The van der Waals surface area contributed by atoms with Crippen molar-refractivity contribution in [2.45, 2.75) is 17.9 Å². The highest BCUT2D eigenvalue weighted by atomic mass is 79.9. The van der Waals surface area contributed by atoms with E-state index in [1.165, 1.54) is 19.1 Å². The average Bonchev–Trinajstić information content (AvgIpc) is 2.57. The quantitative estimate of drug-likeness (QED) is 0.581. The lowest BCUT2D eigenvalue weighted by molar-refractivity contribution is -0.123. The van der Waals surface area contributed by atoms with Crippen molar-refractivity contribution in [2.24, 2.45) is 0 Å². The number of carbonyl (C=O) groups excluding carboxylic acids is 2. The molecule has 0 heterocycles. The van der Waals surface area contributed by atoms with E-state index in [2.05, 4.69) is 21.2 Å². The van der Waals surface area contributed by atoms with Gasteiger partial charge in [0.2, 0.25) is 0 Å². The predicted octanol–water partition coefficient (Wildman–Crippen LogP) is 4.49. The van der Waals surface area contributed by atoms with Gasteiger partial charge in [0.1, 0.15) is 5.82 Å². The molecule has 7 heteroatoms. The number of hydrogen-bond donors (Lipinski definition) is 1. The number of nitrogens with one attached hydrogen (secondary N) is 1. The van der Waals surface area contributed by atoms with Crippen molar-refractivity contribution < 1.29 is 18.7 Å². The Morgan fingerprint density at radius 1 is 1.21 bits per heavy atom. The minimum absolute atomic E-state index is 0.0235. The van der Waals surface area contributed by atoms with Crippen LogP contribution in [0.4, 0.5) is 10.1 Å². The Bertz CT molecular complexity index is 752. The van der Waals surface area contributed by atoms with Crippen LogP contribution in [0.5, 0.6) is 0 Å². The number of carbonyl (C=O) groups is 2. The Morgan fingerprint density at radius 3 is 2.46 bits per heavy atom. The van der Waals surface area contributed by atoms with Gasteiger partial charge in [-0.05, 0) is 55.6 Å². The standard InChI is InChI=1S/C17H15BrFNO3S/c1-10(16(21)20-15-8-5-12(18)9-14(15)19)23-17(22)11-3-6-13(24-2)7-4-11/h3-10H,1-2H3,(H,20,21)/t10-/m0/s1. The van der Waals surface area contributed by atoms with Crippen LogP contribution in [0.1, 0.15) is 17.3 Å². The molecule has 126 valence electrons. The van der Waals surface area contributed by atoms with Crippen LogP contribution in [0.25, 0.3) is 0 Å². The van der Waals surface area contributed by atoms with Crippen LogP contribution in [0.3, 0.4) is 0 Å². The highest BCUT2D eigenvalue weighted by molar-refractivity contribution is 9.10. The molecule has 0 radical (unpaired) electrons. The summed E-state index contributed by atoms with van der Waals surface area (Å²) in [5.74, 6) is -1.80. The maximum atomic E-state index is 13.7. The molecule has 0 bridgehead atoms. The van der Waals surface area contributed by atoms with Gasteiger partial charge in [0.25, 0.3) is 5.91 Å². The molecular formula is C17H15BrFNO3S. The van der Waals surface area contributed by atoms with E-state index in [0.717, 1.165) is 4.90 Å². The van der Waals surface area contributed by atoms with Crippen molar-refractivity contribution in [1.82, 2.24) is 0 Å². The first kappa shape index (κ1) is 18.5. The molecule has 0 spiro atoms. The number of anilines is 1. The summed E-state index contributed by atoms with van der Waals surface area (Å²) in [6.07, 6.45) is 0.877. The number of benzene rings is 2. The van der Waals surface area contributed by atoms with Gasteiger partial charge in [0.15, 0.2) is 6.10 Å². The second-order valence-electron chi connectivity index (χ2n) is 4.89. The van der Waals surface area contributed by atoms with E-state index in [-0.39, 0.29) is 5.69 Å². The van der Waals surface area contributed by atoms with Gasteiger partial charge >= 0.3 is 5.97 Å². The molecule has 0 aliphatic carbocycles. The third-order valence-corrected chi connectivity index (χ3v) is 4.40. The van der Waals surface area contributed by atoms with Crippen LogP contribution in [-0.4, -0.2) is 24.2 Å². The van der Waals surface area contributed by atoms with E-state index in [1.54, 1.807) is 42.1 Å². The monoisotopic (exact) mass is 411 g/mol. The zero-order valence-corrected chi connectivity index (χ0v) is 15.4. The molecule has 2 aromatic rings. The Balaban J connectivity index is 1.98. The van der Waals surface area contributed by atoms with Crippen molar-refractivity contribution >= 4 is 45.3 Å². The maximum Gasteiger partial charge on any atom is 0.338 e. The number of halogens is 2. The van der Waals surface area contributed by atoms with Gasteiger partial charge in [-0.25, -0.2) is 9.18 Å². The average molecular weight is 412 g/mol. The summed E-state index contributed by atoms with van der Waals surface area (Å²) in [5.41, 5.74) is 0.373. The normalized spacial score (nSPS) is 11.7. The van der Waals surface area contributed by atoms with Crippen molar-refractivity contribution in [3.05, 3.63) is 58.3 Å². The van der Waals surface area contributed by atoms with Crippen LogP contribution in [0.2, 0.25) is 0 Å². The number of amides is 1. The molecule has 0 aliphatic heterocycles. The maximum absolute atomic E-state index is 13.7. The summed E-state index contributed by atoms with van der Waals surface area (Å²) >= 11 is 4.69. The van der Waals surface area contributed by atoms with E-state index in [9.17, 15) is 14.0 Å². The molecule has 1 amide bonds. The first-order chi connectivity index (χ1) is 11.4. The summed E-state index contributed by atoms with van der Waals surface area (Å²) in [7, 11) is 0. The fourth-order valence-electron chi connectivity index (χ4n) is 1.83. The molecule has 24 heavy (non-hydrogen) atoms. The minimum Gasteiger partial charge on any atom is -0.449 e. The van der Waals surface area contributed by atoms with Crippen LogP contribution in [-0.2, 0) is 9.53 Å². The highest BCUT2D eigenvalue weighted by Gasteiger charge is 2.20. The third kappa shape index (κ3) is 4.82. The lowest BCUT2D eigenvalue weighted by Crippen LogP contribution is -2.30. The molecule has 0 aromatic heterocycles. The van der Waals surface area contributed by atoms with Crippen LogP contribution in [0, 0.1) is 5.82 Å². The van der Waals surface area contributed by atoms with E-state index in [1.807, 2.05) is 6.26 Å². The molecule has 1 atom stereocenters. The van der Waals surface area contributed by atoms with Gasteiger partial charge < -0.3 is 10.1 Å². The number of ether oxygens (including phenoxy) is 1. The molecule has 1 N–H and O–H groups in total. The largest absolute Gasteiger partial charge is 0.449 e. The number of thioether (sulfide) groups is 1. The van der Waals surface area contributed by atoms with Crippen molar-refractivity contribution in [1.29, 1.82) is 0 Å². The van der Waals surface area contributed by atoms with Gasteiger partial charge in [-0.1, -0.05) is 15.9 Å². The van der Waals surface area contributed by atoms with Crippen molar-refractivity contribution in [3.8, 4) is 0 Å². The first-order valence-corrected chi connectivity index (χ1v) is 9.03. The molecule has 0 saturated heterocycles. The predicted molar refractivity (Wildman–Crippen MR) is 95.8 cm³/mol. The van der Waals surface area contributed by atoms with Crippen LogP contribution in [0.15, 0.2) is 51.8 Å². The van der Waals surface area contributed by atoms with E-state index >= 15 is 0 Å². The molecule has 0 fully saturated rings. The minimum atomic E-state index is -1.05. The zero-order chi connectivity index (χ0) is 17.7. The Kier molecular flexibility index (Phi) is 6.39. The van der Waals surface area contributed by atoms with E-state index in [0.29, 0.717) is 10.0 Å². The number of rotatable bonds is 5. The molecule has 0 saturated carbocycles. The first-order valence-electron chi connectivity index (χ1n) is 7.01. The Morgan fingerprint density at radius 2 is 1.88 bits per heavy atom. The topological polar surface area (TPSA) is 55.4 Å². The van der Waals surface area contributed by atoms with Crippen LogP contribution < -0.4 is 5.32 Å². The van der Waals surface area contributed by atoms with Crippen molar-refractivity contribution in [3.63, 3.8) is 0 Å². The molecule has 2 aromatic carbocycles.